The molecule has 5 rings (SSSR count). The van der Waals surface area contributed by atoms with Crippen molar-refractivity contribution >= 4 is 26.9 Å². The largest absolute Gasteiger partial charge is 0.497 e. The van der Waals surface area contributed by atoms with Gasteiger partial charge in [0.1, 0.15) is 11.3 Å². The molecule has 1 amide bonds. The van der Waals surface area contributed by atoms with E-state index in [0.29, 0.717) is 35.4 Å². The zero-order valence-electron chi connectivity index (χ0n) is 24.0. The molecule has 12 heteroatoms. The Morgan fingerprint density at radius 1 is 1.07 bits per heavy atom. The average molecular weight is 613 g/mol. The molecular formula is C31H36N2O9S. The summed E-state index contributed by atoms with van der Waals surface area (Å²) >= 11 is 0. The molecule has 230 valence electrons. The number of sulfonamides is 1. The number of nitrogens with zero attached hydrogens (tertiary/aromatic N) is 2. The lowest BCUT2D eigenvalue weighted by atomic mass is 9.93. The van der Waals surface area contributed by atoms with E-state index in [4.69, 9.17) is 18.6 Å². The van der Waals surface area contributed by atoms with E-state index in [-0.39, 0.29) is 54.7 Å². The molecule has 2 aromatic carbocycles. The lowest BCUT2D eigenvalue weighted by molar-refractivity contribution is -0.153. The SMILES string of the molecule is COc1ccc(S(=O)(=O)N(CCO)CCO[C@H]2C[C@@H](c3coc4ccccc4c3=O)C=C(C(=O)N3CCCCC3)O2)cc1. The van der Waals surface area contributed by atoms with Crippen LogP contribution in [0.2, 0.25) is 0 Å². The zero-order valence-corrected chi connectivity index (χ0v) is 24.8. The van der Waals surface area contributed by atoms with Gasteiger partial charge in [-0.3, -0.25) is 9.59 Å². The van der Waals surface area contributed by atoms with E-state index in [9.17, 15) is 23.1 Å². The number of para-hydroxylation sites is 1. The second kappa shape index (κ2) is 13.7. The van der Waals surface area contributed by atoms with E-state index in [0.717, 1.165) is 23.6 Å². The Bertz CT molecular complexity index is 1610. The number of fused-ring (bicyclic) bond motifs is 1. The molecule has 43 heavy (non-hydrogen) atoms. The molecule has 3 heterocycles. The third-order valence-corrected chi connectivity index (χ3v) is 9.62. The summed E-state index contributed by atoms with van der Waals surface area (Å²) in [6.07, 6.45) is 5.22. The van der Waals surface area contributed by atoms with Crippen molar-refractivity contribution in [2.45, 2.75) is 42.8 Å². The molecule has 2 atom stereocenters. The molecule has 1 N–H and O–H groups in total. The van der Waals surface area contributed by atoms with Crippen LogP contribution in [0.15, 0.2) is 80.7 Å². The Hall–Kier alpha value is -3.71. The van der Waals surface area contributed by atoms with Gasteiger partial charge in [-0.2, -0.15) is 4.31 Å². The predicted octanol–water partition coefficient (Wildman–Crippen LogP) is 3.23. The zero-order chi connectivity index (χ0) is 30.4. The number of hydrogen-bond donors (Lipinski definition) is 1. The number of aliphatic hydroxyl groups excluding tert-OH is 1. The van der Waals surface area contributed by atoms with Crippen molar-refractivity contribution in [3.05, 3.63) is 82.4 Å². The highest BCUT2D eigenvalue weighted by Crippen LogP contribution is 2.32. The summed E-state index contributed by atoms with van der Waals surface area (Å²) in [7, 11) is -2.45. The van der Waals surface area contributed by atoms with Crippen molar-refractivity contribution in [1.82, 2.24) is 9.21 Å². The van der Waals surface area contributed by atoms with E-state index in [1.165, 1.54) is 25.5 Å². The van der Waals surface area contributed by atoms with Crippen LogP contribution in [0.25, 0.3) is 11.0 Å². The van der Waals surface area contributed by atoms with Crippen molar-refractivity contribution in [1.29, 1.82) is 0 Å². The molecule has 0 aliphatic carbocycles. The number of hydrogen-bond acceptors (Lipinski definition) is 9. The number of benzene rings is 2. The fourth-order valence-corrected chi connectivity index (χ4v) is 6.79. The van der Waals surface area contributed by atoms with Gasteiger partial charge in [-0.1, -0.05) is 12.1 Å². The van der Waals surface area contributed by atoms with Gasteiger partial charge in [-0.25, -0.2) is 8.42 Å². The van der Waals surface area contributed by atoms with Gasteiger partial charge < -0.3 is 28.6 Å². The van der Waals surface area contributed by atoms with Crippen LogP contribution >= 0.6 is 0 Å². The third kappa shape index (κ3) is 6.93. The summed E-state index contributed by atoms with van der Waals surface area (Å²) in [5.41, 5.74) is 0.642. The predicted molar refractivity (Wildman–Crippen MR) is 158 cm³/mol. The number of rotatable bonds is 11. The fourth-order valence-electron chi connectivity index (χ4n) is 5.38. The van der Waals surface area contributed by atoms with Crippen molar-refractivity contribution in [3.63, 3.8) is 0 Å². The molecule has 1 fully saturated rings. The average Bonchev–Trinajstić information content (AvgIpc) is 3.04. The second-order valence-electron chi connectivity index (χ2n) is 10.5. The van der Waals surface area contributed by atoms with E-state index >= 15 is 0 Å². The summed E-state index contributed by atoms with van der Waals surface area (Å²) in [6, 6.07) is 12.9. The first-order valence-corrected chi connectivity index (χ1v) is 15.8. The Kier molecular flexibility index (Phi) is 9.81. The van der Waals surface area contributed by atoms with Gasteiger partial charge in [0.15, 0.2) is 11.2 Å². The van der Waals surface area contributed by atoms with E-state index in [1.807, 2.05) is 0 Å². The summed E-state index contributed by atoms with van der Waals surface area (Å²) < 4.78 is 50.6. The van der Waals surface area contributed by atoms with Gasteiger partial charge in [0, 0.05) is 44.1 Å². The number of carbonyl (C=O) groups excluding carboxylic acids is 1. The number of carbonyl (C=O) groups is 1. The molecule has 0 spiro atoms. The molecule has 2 aliphatic heterocycles. The summed E-state index contributed by atoms with van der Waals surface area (Å²) in [5, 5.41) is 10.0. The lowest BCUT2D eigenvalue weighted by Gasteiger charge is -2.33. The molecule has 0 unspecified atom stereocenters. The lowest BCUT2D eigenvalue weighted by Crippen LogP contribution is -2.40. The first kappa shape index (κ1) is 30.7. The van der Waals surface area contributed by atoms with Crippen LogP contribution in [0.5, 0.6) is 5.75 Å². The fraction of sp³-hybridized carbons (Fsp3) is 0.419. The highest BCUT2D eigenvalue weighted by molar-refractivity contribution is 7.89. The van der Waals surface area contributed by atoms with Gasteiger partial charge >= 0.3 is 0 Å². The number of methoxy groups -OCH3 is 1. The molecule has 0 radical (unpaired) electrons. The van der Waals surface area contributed by atoms with Crippen LogP contribution in [0.3, 0.4) is 0 Å². The Labute approximate surface area is 250 Å². The maximum atomic E-state index is 13.4. The number of ether oxygens (including phenoxy) is 3. The van der Waals surface area contributed by atoms with Crippen LogP contribution in [-0.4, -0.2) is 81.4 Å². The minimum Gasteiger partial charge on any atom is -0.497 e. The van der Waals surface area contributed by atoms with Crippen molar-refractivity contribution in [3.8, 4) is 5.75 Å². The smallest absolute Gasteiger partial charge is 0.288 e. The summed E-state index contributed by atoms with van der Waals surface area (Å²) in [6.45, 7) is 0.566. The number of piperidine rings is 1. The second-order valence-corrected chi connectivity index (χ2v) is 12.4. The minimum atomic E-state index is -3.94. The molecule has 3 aromatic rings. The highest BCUT2D eigenvalue weighted by atomic mass is 32.2. The normalized spacial score (nSPS) is 19.2. The van der Waals surface area contributed by atoms with E-state index in [2.05, 4.69) is 0 Å². The maximum Gasteiger partial charge on any atom is 0.288 e. The van der Waals surface area contributed by atoms with Gasteiger partial charge in [0.2, 0.25) is 16.3 Å². The number of likely N-dealkylation sites (tertiary alicyclic amines) is 1. The first-order valence-electron chi connectivity index (χ1n) is 14.4. The Balaban J connectivity index is 1.35. The molecule has 0 saturated carbocycles. The standard InChI is InChI=1S/C31H36N2O9S/c1-39-23-9-11-24(12-10-23)43(37,38)33(15-17-34)16-18-40-29-20-22(19-28(42-29)31(36)32-13-5-2-6-14-32)26-21-41-27-8-4-3-7-25(27)30(26)35/h3-4,7-12,19,21-22,29,34H,2,5-6,13-18,20H2,1H3/t22-,29+/m0/s1. The Morgan fingerprint density at radius 2 is 1.81 bits per heavy atom. The van der Waals surface area contributed by atoms with Crippen LogP contribution in [-0.2, 0) is 24.3 Å². The van der Waals surface area contributed by atoms with Gasteiger partial charge in [0.05, 0.1) is 36.9 Å². The molecule has 0 bridgehead atoms. The van der Waals surface area contributed by atoms with Crippen molar-refractivity contribution in [2.24, 2.45) is 0 Å². The molecule has 2 aliphatic rings. The first-order chi connectivity index (χ1) is 20.8. The maximum absolute atomic E-state index is 13.4. The molecule has 11 nitrogen and oxygen atoms in total. The Morgan fingerprint density at radius 3 is 2.53 bits per heavy atom. The summed E-state index contributed by atoms with van der Waals surface area (Å²) in [5.74, 6) is -0.190. The van der Waals surface area contributed by atoms with Gasteiger partial charge in [-0.15, -0.1) is 0 Å². The van der Waals surface area contributed by atoms with Crippen LogP contribution < -0.4 is 10.2 Å². The summed E-state index contributed by atoms with van der Waals surface area (Å²) in [4.78, 5) is 28.6. The third-order valence-electron chi connectivity index (χ3n) is 7.71. The van der Waals surface area contributed by atoms with Gasteiger partial charge in [-0.05, 0) is 61.7 Å². The van der Waals surface area contributed by atoms with E-state index in [1.54, 1.807) is 47.4 Å². The quantitative estimate of drug-likeness (QED) is 0.346. The number of allylic oxidation sites excluding steroid dienone is 1. The van der Waals surface area contributed by atoms with Crippen LogP contribution in [0, 0.1) is 0 Å². The van der Waals surface area contributed by atoms with Gasteiger partial charge in [0.25, 0.3) is 5.91 Å². The minimum absolute atomic E-state index is 0.0520. The molecular weight excluding hydrogens is 576 g/mol. The number of amides is 1. The molecule has 1 aromatic heterocycles. The topological polar surface area (TPSA) is 136 Å². The van der Waals surface area contributed by atoms with E-state index < -0.39 is 22.2 Å². The van der Waals surface area contributed by atoms with Crippen LogP contribution in [0.4, 0.5) is 0 Å². The van der Waals surface area contributed by atoms with Crippen molar-refractivity contribution in [2.75, 3.05) is 46.5 Å². The highest BCUT2D eigenvalue weighted by Gasteiger charge is 2.33. The van der Waals surface area contributed by atoms with Crippen LogP contribution in [0.1, 0.15) is 37.2 Å². The van der Waals surface area contributed by atoms with Crippen molar-refractivity contribution < 1.29 is 36.9 Å². The monoisotopic (exact) mass is 612 g/mol. The number of aliphatic hydroxyl groups is 1. The molecule has 1 saturated heterocycles.